The number of hydrogen-bond acceptors (Lipinski definition) is 5. The zero-order valence-corrected chi connectivity index (χ0v) is 13.8. The Kier molecular flexibility index (Phi) is 4.54. The molecule has 2 aromatic rings. The Labute approximate surface area is 134 Å². The number of rotatable bonds is 5. The minimum Gasteiger partial charge on any atom is -0.301 e. The van der Waals surface area contributed by atoms with Crippen LogP contribution in [0, 0.1) is 13.8 Å². The lowest BCUT2D eigenvalue weighted by Crippen LogP contribution is -2.39. The number of aryl methyl sites for hydroxylation is 2. The lowest BCUT2D eigenvalue weighted by atomic mass is 10.2. The van der Waals surface area contributed by atoms with Gasteiger partial charge in [-0.15, -0.1) is 11.3 Å². The lowest BCUT2D eigenvalue weighted by Gasteiger charge is -2.23. The maximum absolute atomic E-state index is 12.2. The summed E-state index contributed by atoms with van der Waals surface area (Å²) in [7, 11) is 0. The van der Waals surface area contributed by atoms with Crippen molar-refractivity contribution in [1.82, 2.24) is 19.7 Å². The first-order valence-electron chi connectivity index (χ1n) is 7.57. The van der Waals surface area contributed by atoms with Crippen molar-refractivity contribution in [2.24, 2.45) is 0 Å². The highest BCUT2D eigenvalue weighted by Gasteiger charge is 2.26. The Balaban J connectivity index is 1.55. The molecule has 0 spiro atoms. The molecule has 1 amide bonds. The quantitative estimate of drug-likeness (QED) is 0.916. The molecule has 3 rings (SSSR count). The van der Waals surface area contributed by atoms with Crippen LogP contribution in [0.15, 0.2) is 18.5 Å². The molecule has 6 nitrogen and oxygen atoms in total. The number of hydrogen-bond donors (Lipinski definition) is 1. The van der Waals surface area contributed by atoms with E-state index in [1.54, 1.807) is 6.20 Å². The number of nitrogens with one attached hydrogen (secondary N) is 1. The number of nitrogens with zero attached hydrogens (tertiary/aromatic N) is 4. The molecule has 22 heavy (non-hydrogen) atoms. The number of carbonyl (C=O) groups is 1. The Morgan fingerprint density at radius 1 is 1.50 bits per heavy atom. The van der Waals surface area contributed by atoms with Crippen LogP contribution in [0.3, 0.4) is 0 Å². The summed E-state index contributed by atoms with van der Waals surface area (Å²) in [6.45, 7) is 6.21. The Bertz CT molecular complexity index is 617. The van der Waals surface area contributed by atoms with Crippen LogP contribution in [0.25, 0.3) is 0 Å². The first-order chi connectivity index (χ1) is 10.6. The highest BCUT2D eigenvalue weighted by atomic mass is 32.1. The number of likely N-dealkylation sites (tertiary alicyclic amines) is 1. The summed E-state index contributed by atoms with van der Waals surface area (Å²) < 4.78 is 1.94. The van der Waals surface area contributed by atoms with Gasteiger partial charge in [0.15, 0.2) is 5.13 Å². The summed E-state index contributed by atoms with van der Waals surface area (Å²) in [4.78, 5) is 20.0. The molecule has 0 saturated carbocycles. The van der Waals surface area contributed by atoms with Gasteiger partial charge in [-0.25, -0.2) is 4.98 Å². The molecular formula is C15H21N5OS. The van der Waals surface area contributed by atoms with Crippen LogP contribution < -0.4 is 5.32 Å². The fourth-order valence-corrected chi connectivity index (χ4v) is 3.63. The first kappa shape index (κ1) is 15.2. The minimum atomic E-state index is 0.0149. The molecule has 1 aliphatic rings. The number of thiazole rings is 1. The molecule has 7 heteroatoms. The normalized spacial score (nSPS) is 18.7. The van der Waals surface area contributed by atoms with Gasteiger partial charge >= 0.3 is 0 Å². The monoisotopic (exact) mass is 319 g/mol. The Morgan fingerprint density at radius 2 is 2.36 bits per heavy atom. The van der Waals surface area contributed by atoms with Crippen molar-refractivity contribution in [3.05, 3.63) is 29.0 Å². The molecule has 1 aliphatic heterocycles. The number of carbonyl (C=O) groups excluding carboxylic acids is 1. The van der Waals surface area contributed by atoms with E-state index in [9.17, 15) is 4.79 Å². The first-order valence-corrected chi connectivity index (χ1v) is 8.39. The molecule has 0 aromatic carbocycles. The van der Waals surface area contributed by atoms with Crippen LogP contribution in [0.5, 0.6) is 0 Å². The van der Waals surface area contributed by atoms with Gasteiger partial charge in [0.05, 0.1) is 18.8 Å². The van der Waals surface area contributed by atoms with Crippen molar-refractivity contribution >= 4 is 22.4 Å². The van der Waals surface area contributed by atoms with E-state index >= 15 is 0 Å². The molecule has 0 radical (unpaired) electrons. The van der Waals surface area contributed by atoms with Crippen LogP contribution in [-0.2, 0) is 11.3 Å². The third-order valence-corrected chi connectivity index (χ3v) is 5.07. The number of anilines is 1. The summed E-state index contributed by atoms with van der Waals surface area (Å²) in [5.74, 6) is 0.0149. The predicted molar refractivity (Wildman–Crippen MR) is 87.0 cm³/mol. The van der Waals surface area contributed by atoms with Gasteiger partial charge in [-0.3, -0.25) is 14.4 Å². The van der Waals surface area contributed by atoms with Gasteiger partial charge in [0.25, 0.3) is 0 Å². The topological polar surface area (TPSA) is 63.1 Å². The summed E-state index contributed by atoms with van der Waals surface area (Å²) in [5, 5.41) is 7.87. The van der Waals surface area contributed by atoms with E-state index in [4.69, 9.17) is 0 Å². The average Bonchev–Trinajstić information content (AvgIpc) is 3.17. The highest BCUT2D eigenvalue weighted by Crippen LogP contribution is 2.22. The second-order valence-electron chi connectivity index (χ2n) is 5.70. The predicted octanol–water partition coefficient (Wildman–Crippen LogP) is 2.06. The zero-order chi connectivity index (χ0) is 15.5. The van der Waals surface area contributed by atoms with Crippen LogP contribution >= 0.6 is 11.3 Å². The van der Waals surface area contributed by atoms with Crippen LogP contribution in [0.1, 0.15) is 23.4 Å². The van der Waals surface area contributed by atoms with Crippen molar-refractivity contribution in [3.8, 4) is 0 Å². The zero-order valence-electron chi connectivity index (χ0n) is 13.0. The molecule has 118 valence electrons. The minimum absolute atomic E-state index is 0.0149. The standard InChI is InChI=1S/C15H21N5OS/c1-11-12(2)22-15(17-11)18-14(21)10-19-7-3-5-13(19)9-20-8-4-6-16-20/h4,6,8,13H,3,5,7,9-10H2,1-2H3,(H,17,18,21)/t13-/m1/s1. The summed E-state index contributed by atoms with van der Waals surface area (Å²) in [6, 6.07) is 2.31. The van der Waals surface area contributed by atoms with Crippen molar-refractivity contribution in [2.75, 3.05) is 18.4 Å². The molecule has 0 aliphatic carbocycles. The van der Waals surface area contributed by atoms with E-state index in [-0.39, 0.29) is 5.91 Å². The van der Waals surface area contributed by atoms with Crippen molar-refractivity contribution in [1.29, 1.82) is 0 Å². The Hall–Kier alpha value is -1.73. The van der Waals surface area contributed by atoms with Gasteiger partial charge in [-0.05, 0) is 39.3 Å². The van der Waals surface area contributed by atoms with E-state index in [0.717, 1.165) is 36.5 Å². The van der Waals surface area contributed by atoms with E-state index in [1.807, 2.05) is 30.8 Å². The van der Waals surface area contributed by atoms with E-state index in [1.165, 1.54) is 11.3 Å². The van der Waals surface area contributed by atoms with Crippen LogP contribution in [-0.4, -0.2) is 44.7 Å². The molecule has 1 N–H and O–H groups in total. The van der Waals surface area contributed by atoms with Gasteiger partial charge in [0.2, 0.25) is 5.91 Å². The molecular weight excluding hydrogens is 298 g/mol. The van der Waals surface area contributed by atoms with Gasteiger partial charge in [-0.1, -0.05) is 0 Å². The molecule has 1 atom stereocenters. The van der Waals surface area contributed by atoms with Crippen LogP contribution in [0.2, 0.25) is 0 Å². The molecule has 0 unspecified atom stereocenters. The van der Waals surface area contributed by atoms with Gasteiger partial charge < -0.3 is 5.32 Å². The van der Waals surface area contributed by atoms with E-state index in [2.05, 4.69) is 20.3 Å². The SMILES string of the molecule is Cc1nc(NC(=O)CN2CCC[C@@H]2Cn2cccn2)sc1C. The largest absolute Gasteiger partial charge is 0.301 e. The van der Waals surface area contributed by atoms with Crippen molar-refractivity contribution < 1.29 is 4.79 Å². The third kappa shape index (κ3) is 3.53. The number of aromatic nitrogens is 3. The molecule has 2 aromatic heterocycles. The second kappa shape index (κ2) is 6.58. The average molecular weight is 319 g/mol. The molecule has 1 fully saturated rings. The summed E-state index contributed by atoms with van der Waals surface area (Å²) >= 11 is 1.53. The van der Waals surface area contributed by atoms with Crippen molar-refractivity contribution in [2.45, 2.75) is 39.3 Å². The fraction of sp³-hybridized carbons (Fsp3) is 0.533. The maximum Gasteiger partial charge on any atom is 0.240 e. The highest BCUT2D eigenvalue weighted by molar-refractivity contribution is 7.15. The third-order valence-electron chi connectivity index (χ3n) is 4.08. The molecule has 1 saturated heterocycles. The van der Waals surface area contributed by atoms with Crippen LogP contribution in [0.4, 0.5) is 5.13 Å². The second-order valence-corrected chi connectivity index (χ2v) is 6.91. The Morgan fingerprint density at radius 3 is 3.05 bits per heavy atom. The van der Waals surface area contributed by atoms with E-state index in [0.29, 0.717) is 17.7 Å². The van der Waals surface area contributed by atoms with Gasteiger partial charge in [0.1, 0.15) is 0 Å². The summed E-state index contributed by atoms with van der Waals surface area (Å²) in [5.41, 5.74) is 0.984. The maximum atomic E-state index is 12.2. The lowest BCUT2D eigenvalue weighted by molar-refractivity contribution is -0.117. The fourth-order valence-electron chi connectivity index (χ4n) is 2.80. The van der Waals surface area contributed by atoms with Crippen molar-refractivity contribution in [3.63, 3.8) is 0 Å². The van der Waals surface area contributed by atoms with E-state index < -0.39 is 0 Å². The van der Waals surface area contributed by atoms with Gasteiger partial charge in [-0.2, -0.15) is 5.10 Å². The smallest absolute Gasteiger partial charge is 0.240 e. The molecule has 3 heterocycles. The van der Waals surface area contributed by atoms with Gasteiger partial charge in [0, 0.05) is 23.3 Å². The number of amides is 1. The molecule has 0 bridgehead atoms. The summed E-state index contributed by atoms with van der Waals surface area (Å²) in [6.07, 6.45) is 6.01.